The minimum atomic E-state index is -2.91. The topological polar surface area (TPSA) is 67.3 Å². The van der Waals surface area contributed by atoms with Crippen molar-refractivity contribution in [3.63, 3.8) is 0 Å². The predicted molar refractivity (Wildman–Crippen MR) is 125 cm³/mol. The largest absolute Gasteiger partial charge is 0.383 e. The lowest BCUT2D eigenvalue weighted by molar-refractivity contribution is -0.122. The third kappa shape index (κ3) is 3.87. The smallest absolute Gasteiger partial charge is 0.266 e. The molecule has 0 fully saturated rings. The second kappa shape index (κ2) is 8.87. The van der Waals surface area contributed by atoms with Crippen molar-refractivity contribution in [2.75, 3.05) is 30.5 Å². The Morgan fingerprint density at radius 3 is 2.53 bits per heavy atom. The summed E-state index contributed by atoms with van der Waals surface area (Å²) in [5.41, 5.74) is 1.07. The number of aryl methyl sites for hydroxylation is 1. The molecule has 0 radical (unpaired) electrons. The first-order chi connectivity index (χ1) is 16.1. The fourth-order valence-electron chi connectivity index (χ4n) is 4.47. The zero-order valence-electron chi connectivity index (χ0n) is 19.7. The molecule has 3 aromatic rings. The third-order valence-corrected chi connectivity index (χ3v) is 6.46. The van der Waals surface area contributed by atoms with Crippen LogP contribution < -0.4 is 10.2 Å². The maximum absolute atomic E-state index is 14.7. The van der Waals surface area contributed by atoms with E-state index in [1.54, 1.807) is 18.9 Å². The van der Waals surface area contributed by atoms with E-state index in [-0.39, 0.29) is 11.5 Å². The summed E-state index contributed by atoms with van der Waals surface area (Å²) in [4.78, 5) is 14.8. The molecule has 2 heterocycles. The van der Waals surface area contributed by atoms with Crippen molar-refractivity contribution in [3.05, 3.63) is 58.5 Å². The molecule has 0 bridgehead atoms. The van der Waals surface area contributed by atoms with Crippen LogP contribution in [-0.2, 0) is 14.9 Å². The molecule has 1 unspecified atom stereocenters. The van der Waals surface area contributed by atoms with E-state index in [4.69, 9.17) is 4.74 Å². The van der Waals surface area contributed by atoms with Gasteiger partial charge in [-0.2, -0.15) is 5.10 Å². The number of fused-ring (bicyclic) bond motifs is 2. The number of aromatic nitrogens is 2. The molecule has 1 N–H and O–H groups in total. The molecular weight excluding hydrogens is 445 g/mol. The van der Waals surface area contributed by atoms with Gasteiger partial charge in [0.2, 0.25) is 5.91 Å². The van der Waals surface area contributed by atoms with Crippen molar-refractivity contribution < 1.29 is 22.7 Å². The van der Waals surface area contributed by atoms with Gasteiger partial charge in [0.1, 0.15) is 5.82 Å². The van der Waals surface area contributed by atoms with E-state index >= 15 is 0 Å². The Morgan fingerprint density at radius 2 is 1.85 bits per heavy atom. The van der Waals surface area contributed by atoms with Gasteiger partial charge in [-0.3, -0.25) is 4.79 Å². The van der Waals surface area contributed by atoms with Crippen molar-refractivity contribution in [3.8, 4) is 0 Å². The van der Waals surface area contributed by atoms with Crippen LogP contribution >= 0.6 is 0 Å². The first-order valence-corrected chi connectivity index (χ1v) is 11.0. The van der Waals surface area contributed by atoms with Crippen LogP contribution in [0, 0.1) is 12.7 Å². The second-order valence-electron chi connectivity index (χ2n) is 9.04. The van der Waals surface area contributed by atoms with Crippen LogP contribution in [0.5, 0.6) is 0 Å². The highest BCUT2D eigenvalue weighted by molar-refractivity contribution is 6.11. The fourth-order valence-corrected chi connectivity index (χ4v) is 4.47. The standard InChI is InChI=1S/C25H27F3N4O2/c1-13(15-7-6-8-16(21(15)26)22(27)28)29-23-18-12-20-19(11-17(18)14(2)30-31-23)25(3,4)24(33)32(20)9-10-34-5/h6-8,11-13,22H,9-10H2,1-5H3,(H,29,31). The zero-order chi connectivity index (χ0) is 24.8. The van der Waals surface area contributed by atoms with Gasteiger partial charge in [-0.05, 0) is 45.4 Å². The van der Waals surface area contributed by atoms with E-state index in [2.05, 4.69) is 15.5 Å². The Morgan fingerprint density at radius 1 is 1.15 bits per heavy atom. The molecule has 0 saturated carbocycles. The molecule has 1 aliphatic heterocycles. The summed E-state index contributed by atoms with van der Waals surface area (Å²) in [7, 11) is 1.58. The first-order valence-electron chi connectivity index (χ1n) is 11.0. The lowest BCUT2D eigenvalue weighted by atomic mass is 9.85. The van der Waals surface area contributed by atoms with Crippen molar-refractivity contribution in [2.24, 2.45) is 0 Å². The zero-order valence-corrected chi connectivity index (χ0v) is 19.7. The summed E-state index contributed by atoms with van der Waals surface area (Å²) in [6.45, 7) is 8.06. The predicted octanol–water partition coefficient (Wildman–Crippen LogP) is 5.46. The van der Waals surface area contributed by atoms with Gasteiger partial charge in [0.15, 0.2) is 5.82 Å². The Hall–Kier alpha value is -3.20. The SMILES string of the molecule is COCCN1C(=O)C(C)(C)c2cc3c(C)nnc(NC(C)c4cccc(C(F)F)c4F)c3cc21. The number of benzene rings is 2. The van der Waals surface area contributed by atoms with Gasteiger partial charge >= 0.3 is 0 Å². The van der Waals surface area contributed by atoms with Gasteiger partial charge < -0.3 is 15.0 Å². The van der Waals surface area contributed by atoms with Crippen LogP contribution in [0.2, 0.25) is 0 Å². The summed E-state index contributed by atoms with van der Waals surface area (Å²) < 4.78 is 46.3. The highest BCUT2D eigenvalue weighted by Gasteiger charge is 2.44. The molecule has 9 heteroatoms. The number of amides is 1. The van der Waals surface area contributed by atoms with Crippen LogP contribution in [0.15, 0.2) is 30.3 Å². The van der Waals surface area contributed by atoms with Crippen LogP contribution in [-0.4, -0.2) is 36.4 Å². The molecule has 1 atom stereocenters. The monoisotopic (exact) mass is 472 g/mol. The van der Waals surface area contributed by atoms with Gasteiger partial charge in [-0.15, -0.1) is 5.10 Å². The molecule has 1 aliphatic rings. The summed E-state index contributed by atoms with van der Waals surface area (Å²) in [6, 6.07) is 7.13. The van der Waals surface area contributed by atoms with E-state index in [9.17, 15) is 18.0 Å². The summed E-state index contributed by atoms with van der Waals surface area (Å²) in [6.07, 6.45) is -2.91. The molecule has 34 heavy (non-hydrogen) atoms. The van der Waals surface area contributed by atoms with E-state index in [0.717, 1.165) is 22.7 Å². The number of hydrogen-bond donors (Lipinski definition) is 1. The minimum Gasteiger partial charge on any atom is -0.383 e. The first kappa shape index (κ1) is 23.9. The number of anilines is 2. The van der Waals surface area contributed by atoms with E-state index in [0.29, 0.717) is 30.0 Å². The number of methoxy groups -OCH3 is 1. The highest BCUT2D eigenvalue weighted by Crippen LogP contribution is 2.45. The molecule has 1 aromatic heterocycles. The number of nitrogens with one attached hydrogen (secondary N) is 1. The Kier molecular flexibility index (Phi) is 6.24. The Labute approximate surface area is 196 Å². The lowest BCUT2D eigenvalue weighted by Gasteiger charge is -2.20. The van der Waals surface area contributed by atoms with Gasteiger partial charge in [0, 0.05) is 35.7 Å². The normalized spacial score (nSPS) is 15.8. The average Bonchev–Trinajstić information content (AvgIpc) is 2.98. The molecule has 0 spiro atoms. The number of alkyl halides is 2. The van der Waals surface area contributed by atoms with Crippen molar-refractivity contribution in [1.29, 1.82) is 0 Å². The van der Waals surface area contributed by atoms with Gasteiger partial charge in [-0.1, -0.05) is 18.2 Å². The molecule has 1 amide bonds. The van der Waals surface area contributed by atoms with Crippen molar-refractivity contribution in [2.45, 2.75) is 45.6 Å². The van der Waals surface area contributed by atoms with Crippen molar-refractivity contribution in [1.82, 2.24) is 10.2 Å². The molecule has 6 nitrogen and oxygen atoms in total. The van der Waals surface area contributed by atoms with Crippen LogP contribution in [0.3, 0.4) is 0 Å². The second-order valence-corrected chi connectivity index (χ2v) is 9.04. The lowest BCUT2D eigenvalue weighted by Crippen LogP contribution is -2.37. The maximum atomic E-state index is 14.7. The molecule has 180 valence electrons. The third-order valence-electron chi connectivity index (χ3n) is 6.46. The van der Waals surface area contributed by atoms with Gasteiger partial charge in [0.05, 0.1) is 29.3 Å². The van der Waals surface area contributed by atoms with E-state index in [1.165, 1.54) is 12.1 Å². The van der Waals surface area contributed by atoms with E-state index < -0.39 is 29.3 Å². The highest BCUT2D eigenvalue weighted by atomic mass is 19.3. The number of carbonyl (C=O) groups excluding carboxylic acids is 1. The number of rotatable bonds is 7. The molecule has 2 aromatic carbocycles. The van der Waals surface area contributed by atoms with Gasteiger partial charge in [0.25, 0.3) is 6.43 Å². The van der Waals surface area contributed by atoms with Crippen LogP contribution in [0.4, 0.5) is 24.7 Å². The van der Waals surface area contributed by atoms with Crippen LogP contribution in [0.25, 0.3) is 10.8 Å². The average molecular weight is 473 g/mol. The van der Waals surface area contributed by atoms with Gasteiger partial charge in [-0.25, -0.2) is 13.2 Å². The maximum Gasteiger partial charge on any atom is 0.266 e. The number of carbonyl (C=O) groups is 1. The summed E-state index contributed by atoms with van der Waals surface area (Å²) >= 11 is 0. The summed E-state index contributed by atoms with van der Waals surface area (Å²) in [5, 5.41) is 13.1. The molecule has 4 rings (SSSR count). The van der Waals surface area contributed by atoms with Crippen molar-refractivity contribution >= 4 is 28.2 Å². The number of hydrogen-bond acceptors (Lipinski definition) is 5. The molecular formula is C25H27F3N4O2. The number of ether oxygens (including phenoxy) is 1. The molecule has 0 aliphatic carbocycles. The Balaban J connectivity index is 1.80. The number of nitrogens with zero attached hydrogens (tertiary/aromatic N) is 3. The minimum absolute atomic E-state index is 0.0258. The van der Waals surface area contributed by atoms with E-state index in [1.807, 2.05) is 32.9 Å². The quantitative estimate of drug-likeness (QED) is 0.495. The Bertz CT molecular complexity index is 1260. The molecule has 0 saturated heterocycles. The summed E-state index contributed by atoms with van der Waals surface area (Å²) in [5.74, 6) is -0.593. The number of halogens is 3. The fraction of sp³-hybridized carbons (Fsp3) is 0.400. The van der Waals surface area contributed by atoms with Crippen LogP contribution in [0.1, 0.15) is 55.6 Å².